The first kappa shape index (κ1) is 32.5. The third-order valence-electron chi connectivity index (χ3n) is 4.59. The second-order valence-electron chi connectivity index (χ2n) is 7.00. The van der Waals surface area contributed by atoms with Crippen molar-refractivity contribution in [1.29, 1.82) is 0 Å². The Morgan fingerprint density at radius 1 is 0.971 bits per heavy atom. The Hall–Kier alpha value is -2.45. The molecule has 35 heavy (non-hydrogen) atoms. The molecule has 0 aliphatic carbocycles. The highest BCUT2D eigenvalue weighted by Gasteiger charge is 2.08. The molecule has 0 heterocycles. The van der Waals surface area contributed by atoms with Gasteiger partial charge in [0.2, 0.25) is 0 Å². The Morgan fingerprint density at radius 3 is 2.20 bits per heavy atom. The normalized spacial score (nSPS) is 11.1. The molecule has 0 amide bonds. The Morgan fingerprint density at radius 2 is 1.60 bits per heavy atom. The van der Waals surface area contributed by atoms with Gasteiger partial charge in [0, 0.05) is 14.2 Å². The van der Waals surface area contributed by atoms with Crippen LogP contribution in [0.2, 0.25) is 0 Å². The van der Waals surface area contributed by atoms with E-state index in [9.17, 15) is 5.11 Å². The van der Waals surface area contributed by atoms with E-state index in [1.165, 1.54) is 5.57 Å². The summed E-state index contributed by atoms with van der Waals surface area (Å²) in [6.45, 7) is 10.6. The molecule has 0 aromatic heterocycles. The minimum atomic E-state index is -1.30. The number of hydrogen-bond acceptors (Lipinski definition) is 5. The quantitative estimate of drug-likeness (QED) is 0.183. The highest BCUT2D eigenvalue weighted by atomic mass is 31.2. The van der Waals surface area contributed by atoms with Crippen molar-refractivity contribution in [2.45, 2.75) is 60.9 Å². The van der Waals surface area contributed by atoms with Crippen molar-refractivity contribution in [1.82, 2.24) is 0 Å². The average Bonchev–Trinajstić information content (AvgIpc) is 2.90. The maximum atomic E-state index is 9.40. The summed E-state index contributed by atoms with van der Waals surface area (Å²) in [6, 6.07) is 16.0. The van der Waals surface area contributed by atoms with E-state index in [4.69, 9.17) is 18.3 Å². The Labute approximate surface area is 213 Å². The molecule has 0 unspecified atom stereocenters. The Kier molecular flexibility index (Phi) is 19.4. The number of aliphatic hydroxyl groups excluding tert-OH is 1. The minimum absolute atomic E-state index is 0.0208. The van der Waals surface area contributed by atoms with Crippen LogP contribution in [0.5, 0.6) is 0 Å². The molecular weight excluding hydrogens is 459 g/mol. The third-order valence-corrected chi connectivity index (χ3v) is 5.53. The van der Waals surface area contributed by atoms with Gasteiger partial charge >= 0.3 is 8.60 Å². The van der Waals surface area contributed by atoms with Crippen LogP contribution in [0.4, 0.5) is 0 Å². The van der Waals surface area contributed by atoms with E-state index in [1.807, 2.05) is 57.2 Å². The fourth-order valence-corrected chi connectivity index (χ4v) is 3.45. The molecule has 0 saturated heterocycles. The second kappa shape index (κ2) is 20.9. The highest BCUT2D eigenvalue weighted by molar-refractivity contribution is 7.41. The lowest BCUT2D eigenvalue weighted by Crippen LogP contribution is -1.96. The first-order valence-corrected chi connectivity index (χ1v) is 12.7. The standard InChI is InChI=1S/C24H31O5P.C3H4.C2H6/c1-19(22-14-8-11-21(15-22)17-29-30(26-3)27-4)9-7-10-20(2)28-18-24-13-6-5-12-23(24)16-25;1-3-2;1-2/h5-6,8-15,25H,7,16-18H2,1-4H3;1H,2H3;1-2H3/b19-9+,20-10+;;. The second-order valence-corrected chi connectivity index (χ2v) is 8.44. The molecular formula is C29H41O5P. The molecule has 2 rings (SSSR count). The fourth-order valence-electron chi connectivity index (χ4n) is 2.84. The molecule has 2 aromatic rings. The largest absolute Gasteiger partial charge is 0.494 e. The predicted octanol–water partition coefficient (Wildman–Crippen LogP) is 7.79. The molecule has 192 valence electrons. The van der Waals surface area contributed by atoms with E-state index >= 15 is 0 Å². The van der Waals surface area contributed by atoms with Gasteiger partial charge in [-0.2, -0.15) is 0 Å². The van der Waals surface area contributed by atoms with E-state index < -0.39 is 8.60 Å². The summed E-state index contributed by atoms with van der Waals surface area (Å²) in [5.41, 5.74) is 5.31. The molecule has 0 fully saturated rings. The third kappa shape index (κ3) is 13.9. The number of benzene rings is 2. The van der Waals surface area contributed by atoms with Gasteiger partial charge in [-0.1, -0.05) is 62.4 Å². The van der Waals surface area contributed by atoms with Crippen LogP contribution in [0.1, 0.15) is 63.3 Å². The Bertz CT molecular complexity index is 927. The van der Waals surface area contributed by atoms with E-state index in [2.05, 4.69) is 43.6 Å². The smallest absolute Gasteiger partial charge is 0.332 e. The van der Waals surface area contributed by atoms with Crippen LogP contribution in [0.3, 0.4) is 0 Å². The van der Waals surface area contributed by atoms with Gasteiger partial charge in [0.1, 0.15) is 6.61 Å². The zero-order valence-corrected chi connectivity index (χ0v) is 23.1. The van der Waals surface area contributed by atoms with E-state index in [-0.39, 0.29) is 6.61 Å². The molecule has 2 aromatic carbocycles. The SMILES string of the molecule is C#CC.CC.COP(OC)OCc1cccc(/C(C)=C/C/C=C(\C)OCc2ccccc2CO)c1. The molecule has 0 spiro atoms. The van der Waals surface area contributed by atoms with E-state index in [1.54, 1.807) is 21.1 Å². The first-order valence-electron chi connectivity index (χ1n) is 11.6. The van der Waals surface area contributed by atoms with Gasteiger partial charge in [-0.25, -0.2) is 0 Å². The molecule has 1 N–H and O–H groups in total. The van der Waals surface area contributed by atoms with Gasteiger partial charge in [-0.15, -0.1) is 12.3 Å². The summed E-state index contributed by atoms with van der Waals surface area (Å²) in [4.78, 5) is 0. The molecule has 0 aliphatic heterocycles. The molecule has 0 radical (unpaired) electrons. The lowest BCUT2D eigenvalue weighted by atomic mass is 10.0. The van der Waals surface area contributed by atoms with Gasteiger partial charge in [-0.05, 0) is 67.2 Å². The molecule has 5 nitrogen and oxygen atoms in total. The topological polar surface area (TPSA) is 57.2 Å². The van der Waals surface area contributed by atoms with Crippen LogP contribution in [0.25, 0.3) is 5.57 Å². The summed E-state index contributed by atoms with van der Waals surface area (Å²) in [5.74, 6) is 3.11. The number of ether oxygens (including phenoxy) is 1. The maximum Gasteiger partial charge on any atom is 0.332 e. The zero-order chi connectivity index (χ0) is 26.5. The molecule has 0 aliphatic rings. The number of allylic oxidation sites excluding steroid dienone is 4. The van der Waals surface area contributed by atoms with Gasteiger partial charge < -0.3 is 23.4 Å². The Balaban J connectivity index is 0.00000214. The van der Waals surface area contributed by atoms with Crippen molar-refractivity contribution >= 4 is 14.2 Å². The maximum absolute atomic E-state index is 9.40. The van der Waals surface area contributed by atoms with Crippen LogP contribution in [0, 0.1) is 12.3 Å². The predicted molar refractivity (Wildman–Crippen MR) is 147 cm³/mol. The van der Waals surface area contributed by atoms with Crippen LogP contribution >= 0.6 is 8.60 Å². The number of terminal acetylenes is 1. The van der Waals surface area contributed by atoms with E-state index in [0.29, 0.717) is 13.2 Å². The lowest BCUT2D eigenvalue weighted by Gasteiger charge is -2.12. The number of hydrogen-bond donors (Lipinski definition) is 1. The van der Waals surface area contributed by atoms with Crippen LogP contribution in [0.15, 0.2) is 66.4 Å². The monoisotopic (exact) mass is 500 g/mol. The first-order chi connectivity index (χ1) is 17.0. The van der Waals surface area contributed by atoms with Crippen LogP contribution in [-0.2, 0) is 38.1 Å². The average molecular weight is 501 g/mol. The summed E-state index contributed by atoms with van der Waals surface area (Å²) in [6.07, 6.45) is 9.60. The van der Waals surface area contributed by atoms with E-state index in [0.717, 1.165) is 34.4 Å². The molecule has 6 heteroatoms. The van der Waals surface area contributed by atoms with Gasteiger partial charge in [-0.3, -0.25) is 0 Å². The van der Waals surface area contributed by atoms with Gasteiger partial charge in [0.05, 0.1) is 19.0 Å². The fraction of sp³-hybridized carbons (Fsp3) is 0.379. The summed E-state index contributed by atoms with van der Waals surface area (Å²) < 4.78 is 21.7. The summed E-state index contributed by atoms with van der Waals surface area (Å²) >= 11 is 0. The van der Waals surface area contributed by atoms with Crippen LogP contribution in [-0.4, -0.2) is 19.3 Å². The molecule has 0 atom stereocenters. The van der Waals surface area contributed by atoms with Gasteiger partial charge in [0.25, 0.3) is 0 Å². The summed E-state index contributed by atoms with van der Waals surface area (Å²) in [5, 5.41) is 9.40. The van der Waals surface area contributed by atoms with Crippen molar-refractivity contribution < 1.29 is 23.4 Å². The molecule has 0 bridgehead atoms. The lowest BCUT2D eigenvalue weighted by molar-refractivity contribution is 0.195. The van der Waals surface area contributed by atoms with Crippen molar-refractivity contribution in [3.63, 3.8) is 0 Å². The summed E-state index contributed by atoms with van der Waals surface area (Å²) in [7, 11) is 1.85. The molecule has 0 saturated carbocycles. The minimum Gasteiger partial charge on any atom is -0.494 e. The van der Waals surface area contributed by atoms with Crippen molar-refractivity contribution in [2.75, 3.05) is 14.2 Å². The van der Waals surface area contributed by atoms with Crippen LogP contribution < -0.4 is 0 Å². The van der Waals surface area contributed by atoms with Crippen molar-refractivity contribution in [2.24, 2.45) is 0 Å². The number of aliphatic hydroxyl groups is 1. The highest BCUT2D eigenvalue weighted by Crippen LogP contribution is 2.38. The van der Waals surface area contributed by atoms with Crippen molar-refractivity contribution in [3.05, 3.63) is 88.7 Å². The number of rotatable bonds is 12. The van der Waals surface area contributed by atoms with Crippen molar-refractivity contribution in [3.8, 4) is 12.3 Å². The van der Waals surface area contributed by atoms with Gasteiger partial charge in [0.15, 0.2) is 0 Å². The zero-order valence-electron chi connectivity index (χ0n) is 22.2.